The van der Waals surface area contributed by atoms with Crippen LogP contribution < -0.4 is 5.32 Å². The molecule has 116 valence electrons. The Bertz CT molecular complexity index is 303. The lowest BCUT2D eigenvalue weighted by Gasteiger charge is -2.20. The normalized spacial score (nSPS) is 13.0. The van der Waals surface area contributed by atoms with Gasteiger partial charge >= 0.3 is 0 Å². The van der Waals surface area contributed by atoms with Gasteiger partial charge < -0.3 is 10.4 Å². The molecule has 2 N–H and O–H groups in total. The summed E-state index contributed by atoms with van der Waals surface area (Å²) in [6, 6.07) is 2.58. The number of thiophene rings is 1. The molecule has 0 fully saturated rings. The molecular formula is C17H31NOS. The SMILES string of the molecule is CCCCCC(CCCCC)NCC(O)c1ccsc1. The fourth-order valence-electron chi connectivity index (χ4n) is 2.49. The second kappa shape index (κ2) is 11.3. The number of unbranched alkanes of at least 4 members (excludes halogenated alkanes) is 4. The topological polar surface area (TPSA) is 32.3 Å². The van der Waals surface area contributed by atoms with Crippen LogP contribution in [0.15, 0.2) is 16.8 Å². The number of nitrogens with one attached hydrogen (secondary N) is 1. The lowest BCUT2D eigenvalue weighted by molar-refractivity contribution is 0.168. The molecule has 0 saturated carbocycles. The minimum Gasteiger partial charge on any atom is -0.387 e. The van der Waals surface area contributed by atoms with E-state index in [2.05, 4.69) is 19.2 Å². The van der Waals surface area contributed by atoms with E-state index in [1.807, 2.05) is 16.8 Å². The standard InChI is InChI=1S/C17H31NOS/c1-3-5-7-9-16(10-8-6-4-2)18-13-17(19)15-11-12-20-14-15/h11-12,14,16-19H,3-10,13H2,1-2H3. The number of rotatable bonds is 12. The first-order valence-electron chi connectivity index (χ1n) is 8.21. The van der Waals surface area contributed by atoms with Crippen LogP contribution in [-0.2, 0) is 0 Å². The maximum absolute atomic E-state index is 10.1. The van der Waals surface area contributed by atoms with Crippen molar-refractivity contribution >= 4 is 11.3 Å². The van der Waals surface area contributed by atoms with Crippen molar-refractivity contribution in [2.45, 2.75) is 77.4 Å². The Balaban J connectivity index is 2.30. The number of aliphatic hydroxyl groups excluding tert-OH is 1. The Morgan fingerprint density at radius 3 is 2.25 bits per heavy atom. The van der Waals surface area contributed by atoms with Crippen molar-refractivity contribution in [2.75, 3.05) is 6.54 Å². The number of hydrogen-bond donors (Lipinski definition) is 2. The highest BCUT2D eigenvalue weighted by molar-refractivity contribution is 7.07. The second-order valence-electron chi connectivity index (χ2n) is 5.67. The van der Waals surface area contributed by atoms with Crippen LogP contribution in [0.3, 0.4) is 0 Å². The van der Waals surface area contributed by atoms with Crippen molar-refractivity contribution in [1.82, 2.24) is 5.32 Å². The van der Waals surface area contributed by atoms with Crippen molar-refractivity contribution < 1.29 is 5.11 Å². The molecule has 1 aromatic heterocycles. The monoisotopic (exact) mass is 297 g/mol. The molecule has 1 unspecified atom stereocenters. The number of aliphatic hydroxyl groups is 1. The maximum atomic E-state index is 10.1. The van der Waals surface area contributed by atoms with E-state index in [1.165, 1.54) is 51.4 Å². The summed E-state index contributed by atoms with van der Waals surface area (Å²) in [6.07, 6.45) is 9.92. The molecular weight excluding hydrogens is 266 g/mol. The van der Waals surface area contributed by atoms with Crippen LogP contribution in [0.4, 0.5) is 0 Å². The summed E-state index contributed by atoms with van der Waals surface area (Å²) in [4.78, 5) is 0. The first-order chi connectivity index (χ1) is 9.77. The largest absolute Gasteiger partial charge is 0.387 e. The van der Waals surface area contributed by atoms with Crippen LogP contribution in [0.1, 0.15) is 76.9 Å². The van der Waals surface area contributed by atoms with Crippen LogP contribution in [0.5, 0.6) is 0 Å². The van der Waals surface area contributed by atoms with Crippen LogP contribution in [-0.4, -0.2) is 17.7 Å². The third-order valence-electron chi connectivity index (χ3n) is 3.84. The molecule has 20 heavy (non-hydrogen) atoms. The van der Waals surface area contributed by atoms with E-state index in [4.69, 9.17) is 0 Å². The molecule has 1 heterocycles. The van der Waals surface area contributed by atoms with E-state index in [0.29, 0.717) is 12.6 Å². The van der Waals surface area contributed by atoms with Gasteiger partial charge in [-0.3, -0.25) is 0 Å². The zero-order chi connectivity index (χ0) is 14.6. The summed E-state index contributed by atoms with van der Waals surface area (Å²) < 4.78 is 0. The smallest absolute Gasteiger partial charge is 0.0922 e. The van der Waals surface area contributed by atoms with Gasteiger partial charge in [-0.15, -0.1) is 0 Å². The van der Waals surface area contributed by atoms with Gasteiger partial charge in [-0.05, 0) is 35.2 Å². The zero-order valence-electron chi connectivity index (χ0n) is 13.1. The second-order valence-corrected chi connectivity index (χ2v) is 6.45. The van der Waals surface area contributed by atoms with Gasteiger partial charge in [-0.2, -0.15) is 11.3 Å². The van der Waals surface area contributed by atoms with Gasteiger partial charge in [0, 0.05) is 12.6 Å². The van der Waals surface area contributed by atoms with Crippen LogP contribution in [0.2, 0.25) is 0 Å². The molecule has 0 aliphatic heterocycles. The highest BCUT2D eigenvalue weighted by Crippen LogP contribution is 2.17. The van der Waals surface area contributed by atoms with Gasteiger partial charge in [-0.1, -0.05) is 52.4 Å². The molecule has 0 aromatic carbocycles. The summed E-state index contributed by atoms with van der Waals surface area (Å²) in [7, 11) is 0. The first kappa shape index (κ1) is 17.7. The van der Waals surface area contributed by atoms with Crippen molar-refractivity contribution in [3.05, 3.63) is 22.4 Å². The highest BCUT2D eigenvalue weighted by atomic mass is 32.1. The van der Waals surface area contributed by atoms with Gasteiger partial charge in [0.1, 0.15) is 0 Å². The molecule has 0 amide bonds. The maximum Gasteiger partial charge on any atom is 0.0922 e. The van der Waals surface area contributed by atoms with Crippen LogP contribution in [0.25, 0.3) is 0 Å². The van der Waals surface area contributed by atoms with E-state index >= 15 is 0 Å². The van der Waals surface area contributed by atoms with Gasteiger partial charge in [0.2, 0.25) is 0 Å². The summed E-state index contributed by atoms with van der Waals surface area (Å²) in [5.41, 5.74) is 1.04. The Hall–Kier alpha value is -0.380. The fraction of sp³-hybridized carbons (Fsp3) is 0.765. The predicted octanol–water partition coefficient (Wildman–Crippen LogP) is 4.90. The van der Waals surface area contributed by atoms with Crippen molar-refractivity contribution in [2.24, 2.45) is 0 Å². The Kier molecular flexibility index (Phi) is 9.98. The summed E-state index contributed by atoms with van der Waals surface area (Å²) in [6.45, 7) is 5.18. The van der Waals surface area contributed by atoms with Gasteiger partial charge in [0.05, 0.1) is 6.10 Å². The summed E-state index contributed by atoms with van der Waals surface area (Å²) >= 11 is 1.65. The Morgan fingerprint density at radius 1 is 1.10 bits per heavy atom. The third kappa shape index (κ3) is 7.41. The Morgan fingerprint density at radius 2 is 1.75 bits per heavy atom. The van der Waals surface area contributed by atoms with Crippen molar-refractivity contribution in [3.63, 3.8) is 0 Å². The quantitative estimate of drug-likeness (QED) is 0.538. The summed E-state index contributed by atoms with van der Waals surface area (Å²) in [5.74, 6) is 0. The minimum atomic E-state index is -0.360. The lowest BCUT2D eigenvalue weighted by atomic mass is 10.0. The van der Waals surface area contributed by atoms with Crippen LogP contribution in [0, 0.1) is 0 Å². The molecule has 0 spiro atoms. The molecule has 0 aliphatic rings. The molecule has 2 nitrogen and oxygen atoms in total. The Labute approximate surface area is 128 Å². The van der Waals surface area contributed by atoms with Crippen LogP contribution >= 0.6 is 11.3 Å². The van der Waals surface area contributed by atoms with Gasteiger partial charge in [0.25, 0.3) is 0 Å². The van der Waals surface area contributed by atoms with Gasteiger partial charge in [-0.25, -0.2) is 0 Å². The minimum absolute atomic E-state index is 0.360. The molecule has 0 saturated heterocycles. The molecule has 0 aliphatic carbocycles. The van der Waals surface area contributed by atoms with Gasteiger partial charge in [0.15, 0.2) is 0 Å². The van der Waals surface area contributed by atoms with Crippen molar-refractivity contribution in [1.29, 1.82) is 0 Å². The highest BCUT2D eigenvalue weighted by Gasteiger charge is 2.12. The number of hydrogen-bond acceptors (Lipinski definition) is 3. The average molecular weight is 298 g/mol. The molecule has 3 heteroatoms. The van der Waals surface area contributed by atoms with Crippen molar-refractivity contribution in [3.8, 4) is 0 Å². The van der Waals surface area contributed by atoms with E-state index in [9.17, 15) is 5.11 Å². The average Bonchev–Trinajstić information content (AvgIpc) is 2.98. The first-order valence-corrected chi connectivity index (χ1v) is 9.15. The van der Waals surface area contributed by atoms with E-state index in [1.54, 1.807) is 11.3 Å². The molecule has 1 atom stereocenters. The fourth-order valence-corrected chi connectivity index (χ4v) is 3.20. The zero-order valence-corrected chi connectivity index (χ0v) is 13.9. The molecule has 1 rings (SSSR count). The lowest BCUT2D eigenvalue weighted by Crippen LogP contribution is -2.32. The third-order valence-corrected chi connectivity index (χ3v) is 4.54. The predicted molar refractivity (Wildman–Crippen MR) is 89.4 cm³/mol. The molecule has 0 radical (unpaired) electrons. The van der Waals surface area contributed by atoms with E-state index in [0.717, 1.165) is 5.56 Å². The van der Waals surface area contributed by atoms with E-state index in [-0.39, 0.29) is 6.10 Å². The molecule has 1 aromatic rings. The summed E-state index contributed by atoms with van der Waals surface area (Å²) in [5, 5.41) is 17.8. The molecule has 0 bridgehead atoms. The van der Waals surface area contributed by atoms with E-state index < -0.39 is 0 Å².